The summed E-state index contributed by atoms with van der Waals surface area (Å²) in [5.74, 6) is 3.57. The van der Waals surface area contributed by atoms with Crippen molar-refractivity contribution in [3.05, 3.63) is 78.9 Å². The predicted molar refractivity (Wildman–Crippen MR) is 113 cm³/mol. The number of carbonyl (C=O) groups excluding carboxylic acids is 1. The lowest BCUT2D eigenvalue weighted by Gasteiger charge is -2.11. The van der Waals surface area contributed by atoms with Gasteiger partial charge < -0.3 is 10.1 Å². The number of terminal acetylenes is 1. The first-order valence-electron chi connectivity index (χ1n) is 8.85. The number of rotatable bonds is 5. The number of hydrogen-bond acceptors (Lipinski definition) is 5. The van der Waals surface area contributed by atoms with E-state index in [4.69, 9.17) is 11.2 Å². The van der Waals surface area contributed by atoms with Crippen LogP contribution in [0.3, 0.4) is 0 Å². The molecule has 0 unspecified atom stereocenters. The third-order valence-electron chi connectivity index (χ3n) is 4.06. The third kappa shape index (κ3) is 4.31. The summed E-state index contributed by atoms with van der Waals surface area (Å²) in [7, 11) is 0. The number of nitrogens with one attached hydrogen (secondary N) is 2. The van der Waals surface area contributed by atoms with Gasteiger partial charge in [0.1, 0.15) is 17.3 Å². The summed E-state index contributed by atoms with van der Waals surface area (Å²) in [6.45, 7) is 0. The fourth-order valence-electron chi connectivity index (χ4n) is 2.73. The maximum absolute atomic E-state index is 11.5. The molecule has 6 nitrogen and oxygen atoms in total. The Morgan fingerprint density at radius 3 is 2.31 bits per heavy atom. The molecule has 0 aliphatic heterocycles. The molecule has 6 heteroatoms. The fourth-order valence-corrected chi connectivity index (χ4v) is 2.73. The highest BCUT2D eigenvalue weighted by Gasteiger charge is 2.10. The Bertz CT molecular complexity index is 1200. The number of carbonyl (C=O) groups is 1. The Morgan fingerprint density at radius 2 is 1.55 bits per heavy atom. The second-order valence-electron chi connectivity index (χ2n) is 6.08. The first kappa shape index (κ1) is 18.0. The van der Waals surface area contributed by atoms with Gasteiger partial charge in [0.2, 0.25) is 5.95 Å². The summed E-state index contributed by atoms with van der Waals surface area (Å²) in [6.07, 6.45) is 5.12. The summed E-state index contributed by atoms with van der Waals surface area (Å²) in [6, 6.07) is 24.5. The summed E-state index contributed by atoms with van der Waals surface area (Å²) >= 11 is 0. The molecule has 0 aliphatic rings. The molecular weight excluding hydrogens is 364 g/mol. The molecule has 0 saturated heterocycles. The van der Waals surface area contributed by atoms with Gasteiger partial charge in [0.25, 0.3) is 0 Å². The van der Waals surface area contributed by atoms with Gasteiger partial charge in [-0.25, -0.2) is 4.98 Å². The van der Waals surface area contributed by atoms with Crippen LogP contribution < -0.4 is 15.4 Å². The van der Waals surface area contributed by atoms with Crippen LogP contribution in [0.25, 0.3) is 10.9 Å². The van der Waals surface area contributed by atoms with Crippen LogP contribution in [0.15, 0.2) is 78.9 Å². The van der Waals surface area contributed by atoms with E-state index >= 15 is 0 Å². The number of nitrogens with zero attached hydrogens (tertiary/aromatic N) is 2. The number of fused-ring (bicyclic) bond motifs is 1. The van der Waals surface area contributed by atoms with Gasteiger partial charge in [-0.2, -0.15) is 4.98 Å². The molecule has 140 valence electrons. The van der Waals surface area contributed by atoms with Crippen LogP contribution >= 0.6 is 0 Å². The molecule has 0 aliphatic carbocycles. The Hall–Kier alpha value is -4.37. The highest BCUT2D eigenvalue weighted by atomic mass is 16.5. The first-order chi connectivity index (χ1) is 14.2. The molecule has 0 spiro atoms. The average Bonchev–Trinajstić information content (AvgIpc) is 2.76. The topological polar surface area (TPSA) is 76.1 Å². The van der Waals surface area contributed by atoms with Crippen molar-refractivity contribution in [2.45, 2.75) is 0 Å². The number of amides is 1. The molecule has 2 N–H and O–H groups in total. The molecule has 1 amide bonds. The van der Waals surface area contributed by atoms with E-state index in [1.54, 1.807) is 0 Å². The second-order valence-corrected chi connectivity index (χ2v) is 6.08. The quantitative estimate of drug-likeness (QED) is 0.489. The summed E-state index contributed by atoms with van der Waals surface area (Å²) in [4.78, 5) is 20.2. The first-order valence-corrected chi connectivity index (χ1v) is 8.85. The van der Waals surface area contributed by atoms with Gasteiger partial charge in [0.05, 0.1) is 5.52 Å². The lowest BCUT2D eigenvalue weighted by molar-refractivity contribution is -0.111. The van der Waals surface area contributed by atoms with Gasteiger partial charge in [-0.05, 0) is 54.5 Å². The van der Waals surface area contributed by atoms with Gasteiger partial charge in [0.15, 0.2) is 0 Å². The third-order valence-corrected chi connectivity index (χ3v) is 4.06. The highest BCUT2D eigenvalue weighted by Crippen LogP contribution is 2.27. The van der Waals surface area contributed by atoms with Crippen molar-refractivity contribution in [3.8, 4) is 23.8 Å². The Morgan fingerprint density at radius 1 is 0.862 bits per heavy atom. The van der Waals surface area contributed by atoms with E-state index in [0.717, 1.165) is 22.6 Å². The normalized spacial score (nSPS) is 10.2. The lowest BCUT2D eigenvalue weighted by Crippen LogP contribution is -2.12. The summed E-state index contributed by atoms with van der Waals surface area (Å²) in [5, 5.41) is 6.56. The molecule has 0 fully saturated rings. The van der Waals surface area contributed by atoms with Crippen molar-refractivity contribution >= 4 is 34.3 Å². The van der Waals surface area contributed by atoms with Crippen molar-refractivity contribution in [3.63, 3.8) is 0 Å². The Kier molecular flexibility index (Phi) is 5.04. The summed E-state index contributed by atoms with van der Waals surface area (Å²) < 4.78 is 5.81. The second kappa shape index (κ2) is 8.11. The Balaban J connectivity index is 1.60. The largest absolute Gasteiger partial charge is 0.457 e. The number of benzene rings is 3. The van der Waals surface area contributed by atoms with E-state index in [1.807, 2.05) is 84.8 Å². The van der Waals surface area contributed by atoms with Crippen LogP contribution in [0.5, 0.6) is 11.5 Å². The molecular formula is C23H16N4O2. The molecule has 0 saturated carbocycles. The number of ether oxygens (including phenoxy) is 1. The van der Waals surface area contributed by atoms with Gasteiger partial charge in [-0.15, -0.1) is 6.42 Å². The molecule has 0 atom stereocenters. The minimum absolute atomic E-state index is 0.137. The number of aromatic nitrogens is 2. The van der Waals surface area contributed by atoms with Crippen molar-refractivity contribution in [2.24, 2.45) is 0 Å². The smallest absolute Gasteiger partial charge is 0.302 e. The van der Waals surface area contributed by atoms with Gasteiger partial charge in [-0.3, -0.25) is 10.1 Å². The zero-order valence-electron chi connectivity index (χ0n) is 15.3. The molecule has 1 aromatic heterocycles. The molecule has 4 aromatic rings. The lowest BCUT2D eigenvalue weighted by atomic mass is 10.2. The van der Waals surface area contributed by atoms with Crippen LogP contribution in [-0.2, 0) is 4.79 Å². The van der Waals surface area contributed by atoms with E-state index in [1.165, 1.54) is 0 Å². The monoisotopic (exact) mass is 380 g/mol. The predicted octanol–water partition coefficient (Wildman–Crippen LogP) is 4.74. The standard InChI is InChI=1S/C23H16N4O2/c1-2-21(28)26-23-25-20-11-7-6-10-19(20)22(27-23)24-16-12-14-18(15-13-16)29-17-8-4-3-5-9-17/h1,3-15H,(H2,24,25,26,27,28). The molecule has 29 heavy (non-hydrogen) atoms. The van der Waals surface area contributed by atoms with Crippen LogP contribution in [0.2, 0.25) is 0 Å². The van der Waals surface area contributed by atoms with E-state index in [0.29, 0.717) is 11.3 Å². The zero-order valence-corrected chi connectivity index (χ0v) is 15.3. The fraction of sp³-hybridized carbons (Fsp3) is 0. The maximum Gasteiger partial charge on any atom is 0.302 e. The van der Waals surface area contributed by atoms with E-state index < -0.39 is 5.91 Å². The van der Waals surface area contributed by atoms with Crippen molar-refractivity contribution < 1.29 is 9.53 Å². The van der Waals surface area contributed by atoms with Gasteiger partial charge in [-0.1, -0.05) is 30.3 Å². The molecule has 4 rings (SSSR count). The van der Waals surface area contributed by atoms with Crippen LogP contribution in [0.1, 0.15) is 0 Å². The van der Waals surface area contributed by atoms with Gasteiger partial charge in [0, 0.05) is 11.1 Å². The average molecular weight is 380 g/mol. The van der Waals surface area contributed by atoms with Crippen molar-refractivity contribution in [1.29, 1.82) is 0 Å². The molecule has 0 radical (unpaired) electrons. The summed E-state index contributed by atoms with van der Waals surface area (Å²) in [5.41, 5.74) is 1.49. The van der Waals surface area contributed by atoms with Crippen molar-refractivity contribution in [2.75, 3.05) is 10.6 Å². The van der Waals surface area contributed by atoms with Gasteiger partial charge >= 0.3 is 5.91 Å². The number of para-hydroxylation sites is 2. The van der Waals surface area contributed by atoms with E-state index in [2.05, 4.69) is 20.6 Å². The molecule has 1 heterocycles. The van der Waals surface area contributed by atoms with E-state index in [-0.39, 0.29) is 5.95 Å². The minimum atomic E-state index is -0.603. The SMILES string of the molecule is C#CC(=O)Nc1nc(Nc2ccc(Oc3ccccc3)cc2)c2ccccc2n1. The molecule has 3 aromatic carbocycles. The zero-order chi connectivity index (χ0) is 20.1. The van der Waals surface area contributed by atoms with Crippen molar-refractivity contribution in [1.82, 2.24) is 9.97 Å². The maximum atomic E-state index is 11.5. The van der Waals surface area contributed by atoms with E-state index in [9.17, 15) is 4.79 Å². The number of hydrogen-bond donors (Lipinski definition) is 2. The van der Waals surface area contributed by atoms with Crippen LogP contribution in [0.4, 0.5) is 17.5 Å². The Labute approximate surface area is 167 Å². The van der Waals surface area contributed by atoms with Crippen LogP contribution in [0, 0.1) is 12.3 Å². The van der Waals surface area contributed by atoms with Crippen LogP contribution in [-0.4, -0.2) is 15.9 Å². The number of anilines is 3. The molecule has 0 bridgehead atoms. The highest BCUT2D eigenvalue weighted by molar-refractivity contribution is 6.03. The minimum Gasteiger partial charge on any atom is -0.457 e.